The number of rotatable bonds is 5. The summed E-state index contributed by atoms with van der Waals surface area (Å²) in [6.45, 7) is 0.149. The third-order valence-electron chi connectivity index (χ3n) is 3.75. The van der Waals surface area contributed by atoms with Crippen LogP contribution in [0.15, 0.2) is 73.1 Å². The molecule has 3 aromatic rings. The van der Waals surface area contributed by atoms with E-state index in [0.29, 0.717) is 16.8 Å². The van der Waals surface area contributed by atoms with E-state index in [-0.39, 0.29) is 18.0 Å². The summed E-state index contributed by atoms with van der Waals surface area (Å²) in [5.41, 5.74) is 1.67. The second kappa shape index (κ2) is 8.02. The summed E-state index contributed by atoms with van der Waals surface area (Å²) in [4.78, 5) is 28.3. The number of carbonyl (C=O) groups excluding carboxylic acids is 2. The first-order valence-electron chi connectivity index (χ1n) is 7.97. The van der Waals surface area contributed by atoms with E-state index in [9.17, 15) is 14.0 Å². The minimum absolute atomic E-state index is 0.0237. The maximum atomic E-state index is 13.7. The average Bonchev–Trinajstić information content (AvgIpc) is 2.68. The first-order chi connectivity index (χ1) is 12.6. The molecule has 0 bridgehead atoms. The molecule has 2 amide bonds. The zero-order valence-electron chi connectivity index (χ0n) is 13.8. The first-order valence-corrected chi connectivity index (χ1v) is 7.97. The molecule has 130 valence electrons. The van der Waals surface area contributed by atoms with Gasteiger partial charge in [-0.25, -0.2) is 4.39 Å². The summed E-state index contributed by atoms with van der Waals surface area (Å²) in [7, 11) is 0. The summed E-state index contributed by atoms with van der Waals surface area (Å²) in [5, 5.41) is 5.46. The van der Waals surface area contributed by atoms with Gasteiger partial charge < -0.3 is 10.6 Å². The summed E-state index contributed by atoms with van der Waals surface area (Å²) < 4.78 is 13.7. The Morgan fingerprint density at radius 2 is 1.69 bits per heavy atom. The van der Waals surface area contributed by atoms with E-state index >= 15 is 0 Å². The molecule has 0 aliphatic heterocycles. The Morgan fingerprint density at radius 3 is 2.46 bits per heavy atom. The quantitative estimate of drug-likeness (QED) is 0.742. The van der Waals surface area contributed by atoms with E-state index in [2.05, 4.69) is 15.6 Å². The van der Waals surface area contributed by atoms with Crippen LogP contribution in [0.1, 0.15) is 26.3 Å². The second-order valence-corrected chi connectivity index (χ2v) is 5.52. The number of hydrogen-bond acceptors (Lipinski definition) is 3. The van der Waals surface area contributed by atoms with Gasteiger partial charge in [0, 0.05) is 24.6 Å². The monoisotopic (exact) mass is 349 g/mol. The summed E-state index contributed by atoms with van der Waals surface area (Å²) in [6.07, 6.45) is 3.06. The van der Waals surface area contributed by atoms with Crippen LogP contribution in [0.2, 0.25) is 0 Å². The molecule has 0 unspecified atom stereocenters. The predicted molar refractivity (Wildman–Crippen MR) is 96.2 cm³/mol. The number of anilines is 1. The molecule has 5 nitrogen and oxygen atoms in total. The van der Waals surface area contributed by atoms with E-state index in [1.165, 1.54) is 24.4 Å². The topological polar surface area (TPSA) is 71.1 Å². The zero-order chi connectivity index (χ0) is 18.4. The van der Waals surface area contributed by atoms with Gasteiger partial charge in [-0.1, -0.05) is 30.3 Å². The molecule has 0 saturated heterocycles. The molecule has 0 radical (unpaired) electrons. The number of nitrogens with zero attached hydrogens (tertiary/aromatic N) is 1. The van der Waals surface area contributed by atoms with Gasteiger partial charge in [-0.2, -0.15) is 0 Å². The SMILES string of the molecule is O=C(Nc1ccccc1CNC(=O)c1ccccc1F)c1cccnc1. The maximum absolute atomic E-state index is 13.7. The number of aromatic nitrogens is 1. The molecule has 1 heterocycles. The van der Waals surface area contributed by atoms with Crippen molar-refractivity contribution < 1.29 is 14.0 Å². The Morgan fingerprint density at radius 1 is 0.923 bits per heavy atom. The first kappa shape index (κ1) is 17.3. The number of halogens is 1. The Hall–Kier alpha value is -3.54. The van der Waals surface area contributed by atoms with Crippen LogP contribution in [0.25, 0.3) is 0 Å². The van der Waals surface area contributed by atoms with Gasteiger partial charge in [0.1, 0.15) is 5.82 Å². The summed E-state index contributed by atoms with van der Waals surface area (Å²) in [5.74, 6) is -1.40. The second-order valence-electron chi connectivity index (χ2n) is 5.52. The highest BCUT2D eigenvalue weighted by molar-refractivity contribution is 6.04. The van der Waals surface area contributed by atoms with Crippen LogP contribution < -0.4 is 10.6 Å². The highest BCUT2D eigenvalue weighted by atomic mass is 19.1. The fourth-order valence-corrected chi connectivity index (χ4v) is 2.40. The van der Waals surface area contributed by atoms with Gasteiger partial charge in [0.2, 0.25) is 0 Å². The van der Waals surface area contributed by atoms with Gasteiger partial charge in [-0.3, -0.25) is 14.6 Å². The molecule has 1 aromatic heterocycles. The van der Waals surface area contributed by atoms with Crippen molar-refractivity contribution in [3.8, 4) is 0 Å². The van der Waals surface area contributed by atoms with Gasteiger partial charge in [-0.05, 0) is 35.9 Å². The van der Waals surface area contributed by atoms with Crippen molar-refractivity contribution in [2.75, 3.05) is 5.32 Å². The van der Waals surface area contributed by atoms with E-state index in [4.69, 9.17) is 0 Å². The molecule has 0 aliphatic rings. The van der Waals surface area contributed by atoms with Crippen LogP contribution in [0.3, 0.4) is 0 Å². The standard InChI is InChI=1S/C20H16FN3O2/c21-17-9-3-2-8-16(17)20(26)23-13-14-6-1-4-10-18(14)24-19(25)15-7-5-11-22-12-15/h1-12H,13H2,(H,23,26)(H,24,25). The smallest absolute Gasteiger partial charge is 0.257 e. The van der Waals surface area contributed by atoms with Crippen LogP contribution in [0.4, 0.5) is 10.1 Å². The maximum Gasteiger partial charge on any atom is 0.257 e. The minimum Gasteiger partial charge on any atom is -0.348 e. The predicted octanol–water partition coefficient (Wildman–Crippen LogP) is 3.40. The van der Waals surface area contributed by atoms with Crippen molar-refractivity contribution >= 4 is 17.5 Å². The third-order valence-corrected chi connectivity index (χ3v) is 3.75. The lowest BCUT2D eigenvalue weighted by Gasteiger charge is -2.12. The highest BCUT2D eigenvalue weighted by Gasteiger charge is 2.12. The van der Waals surface area contributed by atoms with Crippen LogP contribution >= 0.6 is 0 Å². The molecule has 0 fully saturated rings. The molecule has 0 aliphatic carbocycles. The van der Waals surface area contributed by atoms with Crippen LogP contribution in [0.5, 0.6) is 0 Å². The van der Waals surface area contributed by atoms with Crippen LogP contribution in [-0.4, -0.2) is 16.8 Å². The normalized spacial score (nSPS) is 10.2. The number of hydrogen-bond donors (Lipinski definition) is 2. The van der Waals surface area contributed by atoms with Crippen molar-refractivity contribution in [1.29, 1.82) is 0 Å². The Balaban J connectivity index is 1.71. The van der Waals surface area contributed by atoms with E-state index < -0.39 is 11.7 Å². The van der Waals surface area contributed by atoms with E-state index in [1.54, 1.807) is 48.7 Å². The number of pyridine rings is 1. The number of amides is 2. The third kappa shape index (κ3) is 4.10. The van der Waals surface area contributed by atoms with Crippen molar-refractivity contribution in [1.82, 2.24) is 10.3 Å². The zero-order valence-corrected chi connectivity index (χ0v) is 13.8. The number of carbonyl (C=O) groups is 2. The molecule has 0 atom stereocenters. The van der Waals surface area contributed by atoms with E-state index in [0.717, 1.165) is 0 Å². The van der Waals surface area contributed by atoms with E-state index in [1.807, 2.05) is 0 Å². The Labute approximate surface area is 149 Å². The van der Waals surface area contributed by atoms with Gasteiger partial charge in [0.25, 0.3) is 11.8 Å². The molecule has 0 saturated carbocycles. The molecular formula is C20H16FN3O2. The molecule has 26 heavy (non-hydrogen) atoms. The molecule has 2 aromatic carbocycles. The van der Waals surface area contributed by atoms with Crippen molar-refractivity contribution in [3.05, 3.63) is 95.6 Å². The lowest BCUT2D eigenvalue weighted by atomic mass is 10.1. The number of benzene rings is 2. The van der Waals surface area contributed by atoms with Gasteiger partial charge in [0.05, 0.1) is 11.1 Å². The summed E-state index contributed by atoms with van der Waals surface area (Å²) >= 11 is 0. The van der Waals surface area contributed by atoms with Crippen molar-refractivity contribution in [3.63, 3.8) is 0 Å². The molecule has 6 heteroatoms. The lowest BCUT2D eigenvalue weighted by Crippen LogP contribution is -2.24. The van der Waals surface area contributed by atoms with Gasteiger partial charge in [-0.15, -0.1) is 0 Å². The van der Waals surface area contributed by atoms with Gasteiger partial charge in [0.15, 0.2) is 0 Å². The Bertz CT molecular complexity index is 929. The van der Waals surface area contributed by atoms with Crippen molar-refractivity contribution in [2.24, 2.45) is 0 Å². The average molecular weight is 349 g/mol. The fourth-order valence-electron chi connectivity index (χ4n) is 2.40. The molecule has 2 N–H and O–H groups in total. The number of para-hydroxylation sites is 1. The van der Waals surface area contributed by atoms with Crippen LogP contribution in [0, 0.1) is 5.82 Å². The van der Waals surface area contributed by atoms with Crippen LogP contribution in [-0.2, 0) is 6.54 Å². The molecular weight excluding hydrogens is 333 g/mol. The highest BCUT2D eigenvalue weighted by Crippen LogP contribution is 2.16. The largest absolute Gasteiger partial charge is 0.348 e. The van der Waals surface area contributed by atoms with Crippen molar-refractivity contribution in [2.45, 2.75) is 6.54 Å². The van der Waals surface area contributed by atoms with Gasteiger partial charge >= 0.3 is 0 Å². The fraction of sp³-hybridized carbons (Fsp3) is 0.0500. The molecule has 3 rings (SSSR count). The lowest BCUT2D eigenvalue weighted by molar-refractivity contribution is 0.0946. The molecule has 0 spiro atoms. The minimum atomic E-state index is -0.580. The number of nitrogens with one attached hydrogen (secondary N) is 2. The summed E-state index contributed by atoms with van der Waals surface area (Å²) in [6, 6.07) is 16.2. The Kier molecular flexibility index (Phi) is 5.34.